The summed E-state index contributed by atoms with van der Waals surface area (Å²) < 4.78 is 10.6. The van der Waals surface area contributed by atoms with Gasteiger partial charge in [0.1, 0.15) is 5.75 Å². The fourth-order valence-corrected chi connectivity index (χ4v) is 3.07. The van der Waals surface area contributed by atoms with Crippen molar-refractivity contribution in [1.82, 2.24) is 5.01 Å². The number of carbonyl (C=O) groups excluding carboxylic acids is 2. The van der Waals surface area contributed by atoms with Crippen LogP contribution in [0.2, 0.25) is 0 Å². The lowest BCUT2D eigenvalue weighted by atomic mass is 9.97. The molecule has 1 aliphatic heterocycles. The van der Waals surface area contributed by atoms with Crippen molar-refractivity contribution in [2.24, 2.45) is 5.10 Å². The van der Waals surface area contributed by atoms with Gasteiger partial charge in [0.25, 0.3) is 0 Å². The average molecular weight is 366 g/mol. The van der Waals surface area contributed by atoms with Crippen molar-refractivity contribution in [3.05, 3.63) is 65.7 Å². The highest BCUT2D eigenvalue weighted by atomic mass is 16.6. The van der Waals surface area contributed by atoms with E-state index < -0.39 is 5.97 Å². The largest absolute Gasteiger partial charge is 0.482 e. The molecule has 0 radical (unpaired) electrons. The van der Waals surface area contributed by atoms with Crippen LogP contribution in [0.5, 0.6) is 5.75 Å². The molecule has 0 fully saturated rings. The molecular weight excluding hydrogens is 344 g/mol. The summed E-state index contributed by atoms with van der Waals surface area (Å²) in [5.74, 6) is -0.0270. The van der Waals surface area contributed by atoms with Gasteiger partial charge in [-0.1, -0.05) is 48.5 Å². The first-order valence-electron chi connectivity index (χ1n) is 8.90. The highest BCUT2D eigenvalue weighted by molar-refractivity contribution is 6.03. The second kappa shape index (κ2) is 8.49. The van der Waals surface area contributed by atoms with Crippen molar-refractivity contribution in [2.75, 3.05) is 13.2 Å². The fraction of sp³-hybridized carbons (Fsp3) is 0.286. The van der Waals surface area contributed by atoms with Crippen LogP contribution in [-0.4, -0.2) is 35.8 Å². The Morgan fingerprint density at radius 3 is 2.52 bits per heavy atom. The smallest absolute Gasteiger partial charge is 0.344 e. The quantitative estimate of drug-likeness (QED) is 0.736. The zero-order chi connectivity index (χ0) is 19.2. The van der Waals surface area contributed by atoms with Crippen molar-refractivity contribution in [3.8, 4) is 5.75 Å². The molecule has 0 aliphatic carbocycles. The number of hydrogen-bond acceptors (Lipinski definition) is 5. The van der Waals surface area contributed by atoms with Gasteiger partial charge in [0.15, 0.2) is 6.61 Å². The van der Waals surface area contributed by atoms with E-state index in [0.29, 0.717) is 18.8 Å². The number of hydrogen-bond donors (Lipinski definition) is 0. The topological polar surface area (TPSA) is 68.2 Å². The Morgan fingerprint density at radius 2 is 1.81 bits per heavy atom. The van der Waals surface area contributed by atoms with E-state index in [1.54, 1.807) is 13.0 Å². The summed E-state index contributed by atoms with van der Waals surface area (Å²) in [5.41, 5.74) is 2.64. The van der Waals surface area contributed by atoms with Crippen LogP contribution >= 0.6 is 0 Å². The van der Waals surface area contributed by atoms with Gasteiger partial charge in [-0.3, -0.25) is 4.79 Å². The Kier molecular flexibility index (Phi) is 5.86. The van der Waals surface area contributed by atoms with E-state index in [0.717, 1.165) is 16.8 Å². The first kappa shape index (κ1) is 18.6. The van der Waals surface area contributed by atoms with E-state index in [9.17, 15) is 9.59 Å². The molecular formula is C21H22N2O4. The van der Waals surface area contributed by atoms with E-state index in [4.69, 9.17) is 9.47 Å². The number of carbonyl (C=O) groups is 2. The summed E-state index contributed by atoms with van der Waals surface area (Å²) in [6.07, 6.45) is 0.573. The van der Waals surface area contributed by atoms with E-state index >= 15 is 0 Å². The Hall–Kier alpha value is -3.15. The van der Waals surface area contributed by atoms with Crippen LogP contribution in [0.4, 0.5) is 0 Å². The highest BCUT2D eigenvalue weighted by Gasteiger charge is 2.33. The summed E-state index contributed by atoms with van der Waals surface area (Å²) in [7, 11) is 0. The Balaban J connectivity index is 1.85. The lowest BCUT2D eigenvalue weighted by Crippen LogP contribution is -2.25. The van der Waals surface area contributed by atoms with Crippen LogP contribution in [0.25, 0.3) is 0 Å². The predicted octanol–water partition coefficient (Wildman–Crippen LogP) is 3.33. The number of amides is 1. The van der Waals surface area contributed by atoms with E-state index in [1.165, 1.54) is 11.9 Å². The van der Waals surface area contributed by atoms with E-state index in [2.05, 4.69) is 5.10 Å². The van der Waals surface area contributed by atoms with Gasteiger partial charge >= 0.3 is 5.97 Å². The van der Waals surface area contributed by atoms with Gasteiger partial charge in [0, 0.05) is 18.9 Å². The molecule has 6 nitrogen and oxygen atoms in total. The van der Waals surface area contributed by atoms with Crippen molar-refractivity contribution < 1.29 is 19.1 Å². The molecule has 0 spiro atoms. The normalized spacial score (nSPS) is 16.0. The number of ether oxygens (including phenoxy) is 2. The minimum atomic E-state index is -0.427. The van der Waals surface area contributed by atoms with Crippen LogP contribution in [0.1, 0.15) is 37.4 Å². The lowest BCUT2D eigenvalue weighted by Gasteiger charge is -2.22. The standard InChI is InChI=1S/C21H22N2O4/c1-3-26-21(25)14-27-20-12-8-7-11-17(20)19-13-18(22-23(19)15(2)24)16-9-5-4-6-10-16/h4-12,19H,3,13-14H2,1-2H3/t19-/m1/s1. The van der Waals surface area contributed by atoms with Gasteiger partial charge in [-0.25, -0.2) is 9.80 Å². The minimum absolute atomic E-state index is 0.147. The summed E-state index contributed by atoms with van der Waals surface area (Å²) in [4.78, 5) is 23.8. The summed E-state index contributed by atoms with van der Waals surface area (Å²) in [6.45, 7) is 3.37. The Bertz CT molecular complexity index is 848. The van der Waals surface area contributed by atoms with Crippen molar-refractivity contribution in [3.63, 3.8) is 0 Å². The van der Waals surface area contributed by atoms with Crippen molar-refractivity contribution in [2.45, 2.75) is 26.3 Å². The molecule has 1 aliphatic rings. The first-order valence-corrected chi connectivity index (χ1v) is 8.90. The van der Waals surface area contributed by atoms with E-state index in [1.807, 2.05) is 48.5 Å². The maximum Gasteiger partial charge on any atom is 0.344 e. The molecule has 0 bridgehead atoms. The maximum atomic E-state index is 12.2. The number of esters is 1. The molecule has 3 rings (SSSR count). The zero-order valence-electron chi connectivity index (χ0n) is 15.4. The van der Waals surface area contributed by atoms with Crippen LogP contribution in [0, 0.1) is 0 Å². The van der Waals surface area contributed by atoms with E-state index in [-0.39, 0.29) is 18.6 Å². The van der Waals surface area contributed by atoms with Crippen LogP contribution < -0.4 is 4.74 Å². The third-order valence-corrected chi connectivity index (χ3v) is 4.27. The van der Waals surface area contributed by atoms with Crippen molar-refractivity contribution >= 4 is 17.6 Å². The van der Waals surface area contributed by atoms with Crippen LogP contribution in [0.15, 0.2) is 59.7 Å². The van der Waals surface area contributed by atoms with Gasteiger partial charge < -0.3 is 9.47 Å². The molecule has 0 N–H and O–H groups in total. The number of rotatable bonds is 6. The van der Waals surface area contributed by atoms with Gasteiger partial charge in [0.2, 0.25) is 5.91 Å². The van der Waals surface area contributed by atoms with Gasteiger partial charge in [-0.15, -0.1) is 0 Å². The molecule has 0 saturated carbocycles. The summed E-state index contributed by atoms with van der Waals surface area (Å²) >= 11 is 0. The van der Waals surface area contributed by atoms with Crippen molar-refractivity contribution in [1.29, 1.82) is 0 Å². The van der Waals surface area contributed by atoms with Crippen LogP contribution in [-0.2, 0) is 14.3 Å². The molecule has 2 aromatic carbocycles. The molecule has 1 heterocycles. The Labute approximate surface area is 158 Å². The number of para-hydroxylation sites is 1. The predicted molar refractivity (Wildman–Crippen MR) is 101 cm³/mol. The number of benzene rings is 2. The van der Waals surface area contributed by atoms with Gasteiger partial charge in [-0.2, -0.15) is 5.10 Å². The zero-order valence-corrected chi connectivity index (χ0v) is 15.4. The molecule has 0 saturated heterocycles. The van der Waals surface area contributed by atoms with Crippen LogP contribution in [0.3, 0.4) is 0 Å². The lowest BCUT2D eigenvalue weighted by molar-refractivity contribution is -0.145. The first-order chi connectivity index (χ1) is 13.1. The molecule has 1 atom stereocenters. The third-order valence-electron chi connectivity index (χ3n) is 4.27. The SMILES string of the molecule is CCOC(=O)COc1ccccc1[C@H]1CC(c2ccccc2)=NN1C(C)=O. The molecule has 0 aromatic heterocycles. The summed E-state index contributed by atoms with van der Waals surface area (Å²) in [6, 6.07) is 16.9. The molecule has 140 valence electrons. The third kappa shape index (κ3) is 4.34. The summed E-state index contributed by atoms with van der Waals surface area (Å²) in [5, 5.41) is 6.02. The minimum Gasteiger partial charge on any atom is -0.482 e. The number of hydrazone groups is 1. The second-order valence-electron chi connectivity index (χ2n) is 6.13. The molecule has 1 amide bonds. The molecule has 27 heavy (non-hydrogen) atoms. The monoisotopic (exact) mass is 366 g/mol. The molecule has 2 aromatic rings. The molecule has 6 heteroatoms. The number of nitrogens with zero attached hydrogens (tertiary/aromatic N) is 2. The van der Waals surface area contributed by atoms with Gasteiger partial charge in [0.05, 0.1) is 18.4 Å². The van der Waals surface area contributed by atoms with Gasteiger partial charge in [-0.05, 0) is 18.6 Å². The molecule has 0 unspecified atom stereocenters. The highest BCUT2D eigenvalue weighted by Crippen LogP contribution is 2.37. The maximum absolute atomic E-state index is 12.2. The average Bonchev–Trinajstić information content (AvgIpc) is 3.13. The second-order valence-corrected chi connectivity index (χ2v) is 6.13. The fourth-order valence-electron chi connectivity index (χ4n) is 3.07. The Morgan fingerprint density at radius 1 is 1.11 bits per heavy atom.